The predicted octanol–water partition coefficient (Wildman–Crippen LogP) is 5.27. The second-order valence-electron chi connectivity index (χ2n) is 11.9. The standard InChI is InChI=1S/C31H29BrN4O4/c1-17-25(29(39)36(34-17)24-8-4-22(32)5-9-24)13-26-27(37)33-30(40)35(28(26)38)23-6-2-21(3-7-23)31-14-18-10-19(15-31)12-20(11-18)16-31/h2-9,13,18-20,38H,10-12,14-16H2,1H3,(H,33,37,40)/b25-13-. The third kappa shape index (κ3) is 4.01. The Morgan fingerprint density at radius 3 is 2.10 bits per heavy atom. The summed E-state index contributed by atoms with van der Waals surface area (Å²) in [7, 11) is 0. The Bertz CT molecular complexity index is 1680. The van der Waals surface area contributed by atoms with Crippen LogP contribution < -0.4 is 16.3 Å². The van der Waals surface area contributed by atoms with Crippen molar-refractivity contribution >= 4 is 39.3 Å². The maximum atomic E-state index is 13.2. The van der Waals surface area contributed by atoms with Crippen molar-refractivity contribution in [3.05, 3.63) is 90.5 Å². The summed E-state index contributed by atoms with van der Waals surface area (Å²) in [6, 6.07) is 14.9. The zero-order valence-electron chi connectivity index (χ0n) is 22.1. The maximum Gasteiger partial charge on any atom is 0.335 e. The Labute approximate surface area is 239 Å². The molecule has 2 heterocycles. The minimum atomic E-state index is -0.779. The van der Waals surface area contributed by atoms with Gasteiger partial charge in [-0.25, -0.2) is 9.36 Å². The van der Waals surface area contributed by atoms with Crippen molar-refractivity contribution in [2.24, 2.45) is 22.9 Å². The van der Waals surface area contributed by atoms with Gasteiger partial charge < -0.3 is 5.11 Å². The smallest absolute Gasteiger partial charge is 0.335 e. The molecule has 9 heteroatoms. The van der Waals surface area contributed by atoms with Crippen molar-refractivity contribution in [3.8, 4) is 11.6 Å². The van der Waals surface area contributed by atoms with Gasteiger partial charge >= 0.3 is 5.69 Å². The van der Waals surface area contributed by atoms with Gasteiger partial charge in [-0.3, -0.25) is 14.6 Å². The van der Waals surface area contributed by atoms with Gasteiger partial charge in [0.25, 0.3) is 11.5 Å². The summed E-state index contributed by atoms with van der Waals surface area (Å²) in [5.74, 6) is 1.50. The van der Waals surface area contributed by atoms with Crippen molar-refractivity contribution in [3.63, 3.8) is 0 Å². The van der Waals surface area contributed by atoms with Crippen LogP contribution in [0.1, 0.15) is 56.6 Å². The van der Waals surface area contributed by atoms with Crippen LogP contribution in [-0.4, -0.2) is 26.3 Å². The molecule has 40 heavy (non-hydrogen) atoms. The van der Waals surface area contributed by atoms with E-state index in [1.165, 1.54) is 55.2 Å². The van der Waals surface area contributed by atoms with Crippen molar-refractivity contribution in [2.75, 3.05) is 5.01 Å². The van der Waals surface area contributed by atoms with Crippen molar-refractivity contribution in [2.45, 2.75) is 50.9 Å². The normalized spacial score (nSPS) is 28.0. The highest BCUT2D eigenvalue weighted by Crippen LogP contribution is 2.60. The first kappa shape index (κ1) is 25.3. The van der Waals surface area contributed by atoms with Crippen molar-refractivity contribution in [1.82, 2.24) is 9.55 Å². The number of amides is 1. The lowest BCUT2D eigenvalue weighted by atomic mass is 9.48. The lowest BCUT2D eigenvalue weighted by molar-refractivity contribution is -0.114. The van der Waals surface area contributed by atoms with E-state index in [0.717, 1.165) is 26.8 Å². The van der Waals surface area contributed by atoms with E-state index in [4.69, 9.17) is 0 Å². The van der Waals surface area contributed by atoms with Gasteiger partial charge in [-0.05, 0) is 117 Å². The van der Waals surface area contributed by atoms with Crippen LogP contribution >= 0.6 is 15.9 Å². The van der Waals surface area contributed by atoms with E-state index in [0.29, 0.717) is 17.1 Å². The molecule has 8 nitrogen and oxygen atoms in total. The van der Waals surface area contributed by atoms with Gasteiger partial charge in [0.05, 0.1) is 22.7 Å². The van der Waals surface area contributed by atoms with Crippen molar-refractivity contribution in [1.29, 1.82) is 0 Å². The van der Waals surface area contributed by atoms with Gasteiger partial charge in [-0.1, -0.05) is 28.1 Å². The number of rotatable bonds is 4. The van der Waals surface area contributed by atoms with Crippen LogP contribution in [0.2, 0.25) is 0 Å². The molecule has 8 rings (SSSR count). The summed E-state index contributed by atoms with van der Waals surface area (Å²) in [4.78, 5) is 41.2. The summed E-state index contributed by atoms with van der Waals surface area (Å²) >= 11 is 3.38. The molecule has 1 aromatic heterocycles. The molecular formula is C31H29BrN4O4. The molecule has 3 aromatic rings. The number of hydrogen-bond donors (Lipinski definition) is 2. The first-order chi connectivity index (χ1) is 19.2. The van der Waals surface area contributed by atoms with Gasteiger partial charge in [-0.15, -0.1) is 0 Å². The van der Waals surface area contributed by atoms with Crippen LogP contribution in [0.5, 0.6) is 5.88 Å². The van der Waals surface area contributed by atoms with Crippen LogP contribution in [0, 0.1) is 17.8 Å². The van der Waals surface area contributed by atoms with Crippen LogP contribution in [0.25, 0.3) is 11.8 Å². The average molecular weight is 602 g/mol. The third-order valence-electron chi connectivity index (χ3n) is 9.32. The molecule has 2 N–H and O–H groups in total. The van der Waals surface area contributed by atoms with Crippen molar-refractivity contribution < 1.29 is 9.90 Å². The SMILES string of the molecule is CC1=NN(c2ccc(Br)cc2)C(=O)/C1=C\c1c(O)n(-c2ccc(C34CC5CC(CC(C5)C3)C4)cc2)c(=O)[nH]c1=O. The van der Waals surface area contributed by atoms with E-state index in [2.05, 4.69) is 38.1 Å². The summed E-state index contributed by atoms with van der Waals surface area (Å²) in [6.45, 7) is 1.66. The molecular weight excluding hydrogens is 572 g/mol. The van der Waals surface area contributed by atoms with Gasteiger partial charge in [0.15, 0.2) is 0 Å². The zero-order valence-corrected chi connectivity index (χ0v) is 23.6. The summed E-state index contributed by atoms with van der Waals surface area (Å²) in [6.07, 6.45) is 9.08. The molecule has 0 radical (unpaired) electrons. The largest absolute Gasteiger partial charge is 0.494 e. The second-order valence-corrected chi connectivity index (χ2v) is 12.8. The Morgan fingerprint density at radius 1 is 0.925 bits per heavy atom. The molecule has 1 aliphatic heterocycles. The lowest BCUT2D eigenvalue weighted by Crippen LogP contribution is -2.48. The fraction of sp³-hybridized carbons (Fsp3) is 0.355. The molecule has 4 saturated carbocycles. The molecule has 204 valence electrons. The number of hydrazone groups is 1. The molecule has 0 atom stereocenters. The molecule has 0 spiro atoms. The predicted molar refractivity (Wildman–Crippen MR) is 157 cm³/mol. The fourth-order valence-corrected chi connectivity index (χ4v) is 8.19. The number of hydrogen-bond acceptors (Lipinski definition) is 5. The lowest BCUT2D eigenvalue weighted by Gasteiger charge is -2.57. The number of carbonyl (C=O) groups is 1. The first-order valence-electron chi connectivity index (χ1n) is 13.8. The molecule has 4 aliphatic carbocycles. The Kier molecular flexibility index (Phi) is 5.78. The van der Waals surface area contributed by atoms with E-state index < -0.39 is 23.0 Å². The molecule has 5 aliphatic rings. The second kappa shape index (κ2) is 9.16. The van der Waals surface area contributed by atoms with Crippen LogP contribution in [0.3, 0.4) is 0 Å². The van der Waals surface area contributed by atoms with Crippen LogP contribution in [-0.2, 0) is 10.2 Å². The van der Waals surface area contributed by atoms with Crippen LogP contribution in [0.4, 0.5) is 5.69 Å². The molecule has 1 amide bonds. The number of aromatic nitrogens is 2. The molecule has 2 aromatic carbocycles. The number of carbonyl (C=O) groups excluding carboxylic acids is 1. The Morgan fingerprint density at radius 2 is 1.50 bits per heavy atom. The summed E-state index contributed by atoms with van der Waals surface area (Å²) in [5, 5.41) is 16.8. The number of halogens is 1. The van der Waals surface area contributed by atoms with E-state index in [1.807, 2.05) is 12.1 Å². The minimum Gasteiger partial charge on any atom is -0.494 e. The molecule has 0 saturated heterocycles. The van der Waals surface area contributed by atoms with Crippen LogP contribution in [0.15, 0.2) is 73.3 Å². The van der Waals surface area contributed by atoms with Gasteiger partial charge in [0.1, 0.15) is 5.56 Å². The van der Waals surface area contributed by atoms with Gasteiger partial charge in [0, 0.05) is 4.47 Å². The number of aromatic hydroxyl groups is 1. The first-order valence-corrected chi connectivity index (χ1v) is 14.6. The number of aromatic amines is 1. The third-order valence-corrected chi connectivity index (χ3v) is 9.85. The summed E-state index contributed by atoms with van der Waals surface area (Å²) in [5.41, 5.74) is 1.37. The van der Waals surface area contributed by atoms with Gasteiger partial charge in [-0.2, -0.15) is 10.1 Å². The minimum absolute atomic E-state index is 0.158. The monoisotopic (exact) mass is 600 g/mol. The molecule has 4 fully saturated rings. The van der Waals surface area contributed by atoms with E-state index >= 15 is 0 Å². The highest BCUT2D eigenvalue weighted by atomic mass is 79.9. The van der Waals surface area contributed by atoms with E-state index in [-0.39, 0.29) is 16.6 Å². The van der Waals surface area contributed by atoms with E-state index in [9.17, 15) is 19.5 Å². The quantitative estimate of drug-likeness (QED) is 0.398. The Balaban J connectivity index is 1.23. The molecule has 0 unspecified atom stereocenters. The number of H-pyrrole nitrogens is 1. The fourth-order valence-electron chi connectivity index (χ4n) is 7.92. The highest BCUT2D eigenvalue weighted by molar-refractivity contribution is 9.10. The Hall–Kier alpha value is -3.72. The van der Waals surface area contributed by atoms with E-state index in [1.54, 1.807) is 31.2 Å². The maximum absolute atomic E-state index is 13.2. The number of benzene rings is 2. The van der Waals surface area contributed by atoms with Gasteiger partial charge in [0.2, 0.25) is 5.88 Å². The summed E-state index contributed by atoms with van der Waals surface area (Å²) < 4.78 is 1.94. The number of nitrogens with one attached hydrogen (secondary N) is 1. The molecule has 4 bridgehead atoms. The highest BCUT2D eigenvalue weighted by Gasteiger charge is 2.51. The topological polar surface area (TPSA) is 108 Å². The zero-order chi connectivity index (χ0) is 27.8. The average Bonchev–Trinajstić information content (AvgIpc) is 3.19. The number of nitrogens with zero attached hydrogens (tertiary/aromatic N) is 3. The number of anilines is 1.